The highest BCUT2D eigenvalue weighted by Gasteiger charge is 2.47. The number of carbonyl (C=O) groups is 3. The number of benzene rings is 4. The molecule has 4 amide bonds. The zero-order chi connectivity index (χ0) is 28.7. The molecule has 0 aliphatic carbocycles. The zero-order valence-corrected chi connectivity index (χ0v) is 23.6. The molecule has 0 radical (unpaired) electrons. The van der Waals surface area contributed by atoms with E-state index in [2.05, 4.69) is 5.43 Å². The van der Waals surface area contributed by atoms with Crippen LogP contribution in [0.15, 0.2) is 78.9 Å². The number of nitrogens with one attached hydrogen (secondary N) is 1. The minimum absolute atomic E-state index is 0.136. The summed E-state index contributed by atoms with van der Waals surface area (Å²) in [4.78, 5) is 42.5. The Morgan fingerprint density at radius 3 is 1.68 bits per heavy atom. The Kier molecular flexibility index (Phi) is 6.94. The maximum Gasteiger partial charge on any atom is 0.532 e. The summed E-state index contributed by atoms with van der Waals surface area (Å²) in [5.74, 6) is -0.136. The van der Waals surface area contributed by atoms with Gasteiger partial charge in [0.05, 0.1) is 0 Å². The highest BCUT2D eigenvalue weighted by Crippen LogP contribution is 2.28. The Balaban J connectivity index is 1.80. The first-order chi connectivity index (χ1) is 19.1. The predicted molar refractivity (Wildman–Crippen MR) is 158 cm³/mol. The van der Waals surface area contributed by atoms with Gasteiger partial charge in [-0.25, -0.2) is 4.79 Å². The second-order valence-corrected chi connectivity index (χ2v) is 10.5. The molecule has 0 spiro atoms. The number of hydrogen-bond donors (Lipinski definition) is 1. The van der Waals surface area contributed by atoms with Crippen molar-refractivity contribution in [3.8, 4) is 0 Å². The van der Waals surface area contributed by atoms with Gasteiger partial charge in [-0.05, 0) is 82.0 Å². The number of rotatable bonds is 5. The maximum atomic E-state index is 14.2. The molecule has 0 saturated carbocycles. The van der Waals surface area contributed by atoms with Crippen molar-refractivity contribution in [1.82, 2.24) is 5.43 Å². The number of urea groups is 2. The van der Waals surface area contributed by atoms with Crippen molar-refractivity contribution in [2.75, 3.05) is 4.90 Å². The Bertz CT molecular complexity index is 1690. The van der Waals surface area contributed by atoms with Crippen LogP contribution in [0, 0.1) is 41.5 Å². The quantitative estimate of drug-likeness (QED) is 0.226. The van der Waals surface area contributed by atoms with Crippen molar-refractivity contribution < 1.29 is 19.1 Å². The third-order valence-corrected chi connectivity index (χ3v) is 7.28. The minimum Gasteiger partial charge on any atom is -0.289 e. The molecule has 1 aliphatic heterocycles. The average Bonchev–Trinajstić information content (AvgIpc) is 3.19. The van der Waals surface area contributed by atoms with Gasteiger partial charge in [-0.3, -0.25) is 4.79 Å². The molecular weight excluding hydrogens is 498 g/mol. The lowest BCUT2D eigenvalue weighted by molar-refractivity contribution is -0.462. The third kappa shape index (κ3) is 4.62. The fraction of sp³-hybridized carbons (Fsp3) is 0.176. The molecule has 1 aliphatic rings. The summed E-state index contributed by atoms with van der Waals surface area (Å²) >= 11 is 0. The molecule has 5 rings (SSSR count). The first-order valence-corrected chi connectivity index (χ1v) is 13.3. The minimum atomic E-state index is -0.565. The van der Waals surface area contributed by atoms with E-state index in [1.54, 1.807) is 30.3 Å². The predicted octanol–water partition coefficient (Wildman–Crippen LogP) is 6.88. The van der Waals surface area contributed by atoms with Crippen LogP contribution < -0.4 is 10.3 Å². The summed E-state index contributed by atoms with van der Waals surface area (Å²) in [6, 6.07) is 23.1. The number of amides is 4. The average molecular weight is 531 g/mol. The molecule has 4 aromatic rings. The van der Waals surface area contributed by atoms with E-state index in [4.69, 9.17) is 0 Å². The standard InChI is InChI=1S/C34H31N3O3/c1-20-16-22(3)29(23(4)17-20)31(37-34(40)36(33(39)35-37)26-12-8-7-9-13-26)27-14-10-11-15-28(27)32(38)30-24(5)18-21(2)19-25(30)6/h7-19H,1-6H3/p+1. The lowest BCUT2D eigenvalue weighted by Crippen LogP contribution is -2.35. The van der Waals surface area contributed by atoms with Crippen LogP contribution in [0.3, 0.4) is 0 Å². The first-order valence-electron chi connectivity index (χ1n) is 13.3. The van der Waals surface area contributed by atoms with Crippen molar-refractivity contribution in [2.45, 2.75) is 41.5 Å². The third-order valence-electron chi connectivity index (χ3n) is 7.28. The van der Waals surface area contributed by atoms with Crippen molar-refractivity contribution in [3.05, 3.63) is 134 Å². The van der Waals surface area contributed by atoms with Crippen LogP contribution in [0.1, 0.15) is 60.4 Å². The van der Waals surface area contributed by atoms with Crippen LogP contribution in [0.5, 0.6) is 0 Å². The zero-order valence-electron chi connectivity index (χ0n) is 23.6. The molecule has 0 atom stereocenters. The lowest BCUT2D eigenvalue weighted by atomic mass is 9.86. The molecule has 40 heavy (non-hydrogen) atoms. The van der Waals surface area contributed by atoms with Crippen molar-refractivity contribution in [3.63, 3.8) is 0 Å². The van der Waals surface area contributed by atoms with E-state index >= 15 is 0 Å². The Labute approximate surface area is 234 Å². The number of para-hydroxylation sites is 1. The molecule has 1 heterocycles. The monoisotopic (exact) mass is 530 g/mol. The molecule has 4 aromatic carbocycles. The van der Waals surface area contributed by atoms with E-state index in [1.807, 2.05) is 90.1 Å². The topological polar surface area (TPSA) is 69.5 Å². The van der Waals surface area contributed by atoms with Gasteiger partial charge in [0.1, 0.15) is 5.69 Å². The summed E-state index contributed by atoms with van der Waals surface area (Å²) in [6.07, 6.45) is 0. The summed E-state index contributed by atoms with van der Waals surface area (Å²) in [7, 11) is 0. The fourth-order valence-corrected chi connectivity index (χ4v) is 5.82. The van der Waals surface area contributed by atoms with Gasteiger partial charge in [0.2, 0.25) is 0 Å². The smallest absolute Gasteiger partial charge is 0.289 e. The number of nitrogens with zero attached hydrogens (tertiary/aromatic N) is 2. The van der Waals surface area contributed by atoms with Gasteiger partial charge in [-0.1, -0.05) is 76.5 Å². The van der Waals surface area contributed by atoms with E-state index < -0.39 is 12.1 Å². The Hall–Kier alpha value is -4.84. The molecule has 0 bridgehead atoms. The van der Waals surface area contributed by atoms with Gasteiger partial charge in [0.25, 0.3) is 0 Å². The molecule has 200 valence electrons. The largest absolute Gasteiger partial charge is 0.532 e. The molecule has 1 fully saturated rings. The van der Waals surface area contributed by atoms with E-state index in [1.165, 1.54) is 4.68 Å². The van der Waals surface area contributed by atoms with Gasteiger partial charge in [0, 0.05) is 22.3 Å². The fourth-order valence-electron chi connectivity index (χ4n) is 5.82. The van der Waals surface area contributed by atoms with E-state index in [-0.39, 0.29) is 5.78 Å². The van der Waals surface area contributed by atoms with Gasteiger partial charge in [-0.2, -0.15) is 4.79 Å². The highest BCUT2D eigenvalue weighted by molar-refractivity contribution is 6.24. The van der Waals surface area contributed by atoms with Gasteiger partial charge >= 0.3 is 12.1 Å². The first kappa shape index (κ1) is 26.8. The second-order valence-electron chi connectivity index (χ2n) is 10.5. The molecule has 0 unspecified atom stereocenters. The number of carbonyl (C=O) groups excluding carboxylic acids is 3. The number of aryl methyl sites for hydroxylation is 6. The van der Waals surface area contributed by atoms with E-state index in [9.17, 15) is 14.4 Å². The molecule has 6 heteroatoms. The summed E-state index contributed by atoms with van der Waals surface area (Å²) in [5.41, 5.74) is 11.9. The normalized spacial score (nSPS) is 14.4. The summed E-state index contributed by atoms with van der Waals surface area (Å²) in [6.45, 7) is 11.9. The molecular formula is C34H32N3O3+. The molecule has 6 nitrogen and oxygen atoms in total. The van der Waals surface area contributed by atoms with Crippen LogP contribution in [-0.2, 0) is 0 Å². The van der Waals surface area contributed by atoms with E-state index in [0.717, 1.165) is 43.8 Å². The van der Waals surface area contributed by atoms with Gasteiger partial charge in [0.15, 0.2) is 11.5 Å². The van der Waals surface area contributed by atoms with Crippen LogP contribution in [0.2, 0.25) is 0 Å². The summed E-state index contributed by atoms with van der Waals surface area (Å²) < 4.78 is 1.28. The van der Waals surface area contributed by atoms with Gasteiger partial charge in [-0.15, -0.1) is 10.3 Å². The van der Waals surface area contributed by atoms with Crippen LogP contribution in [-0.4, -0.2) is 28.2 Å². The highest BCUT2D eigenvalue weighted by atomic mass is 16.2. The number of hydrazone groups is 1. The number of hydrogen-bond acceptors (Lipinski definition) is 3. The maximum absolute atomic E-state index is 14.2. The van der Waals surface area contributed by atoms with Crippen LogP contribution in [0.4, 0.5) is 15.3 Å². The van der Waals surface area contributed by atoms with Crippen molar-refractivity contribution in [1.29, 1.82) is 0 Å². The Morgan fingerprint density at radius 1 is 0.650 bits per heavy atom. The van der Waals surface area contributed by atoms with E-state index in [0.29, 0.717) is 28.1 Å². The number of imide groups is 1. The number of anilines is 1. The van der Waals surface area contributed by atoms with Gasteiger partial charge < -0.3 is 0 Å². The van der Waals surface area contributed by atoms with Crippen molar-refractivity contribution >= 4 is 29.2 Å². The molecule has 0 aromatic heterocycles. The number of hydrazine groups is 1. The SMILES string of the molecule is Cc1cc(C)c(C(=O)c2ccccc2/C(c2c(C)cc(C)cc2C)=[N+]2/NC(=O)N(c3ccccc3)C2=O)c(C)c1. The lowest BCUT2D eigenvalue weighted by Gasteiger charge is -2.17. The Morgan fingerprint density at radius 2 is 1.12 bits per heavy atom. The van der Waals surface area contributed by atoms with Crippen LogP contribution in [0.25, 0.3) is 0 Å². The van der Waals surface area contributed by atoms with Crippen LogP contribution >= 0.6 is 0 Å². The number of ketones is 1. The molecule has 1 saturated heterocycles. The molecule has 1 N–H and O–H groups in total. The van der Waals surface area contributed by atoms with Crippen molar-refractivity contribution in [2.24, 2.45) is 0 Å². The second kappa shape index (κ2) is 10.4. The summed E-state index contributed by atoms with van der Waals surface area (Å²) in [5, 5.41) is 0.